The van der Waals surface area contributed by atoms with Crippen LogP contribution < -0.4 is 5.32 Å². The third kappa shape index (κ3) is 4.38. The van der Waals surface area contributed by atoms with Crippen LogP contribution in [0.2, 0.25) is 0 Å². The lowest BCUT2D eigenvalue weighted by molar-refractivity contribution is -0.142. The largest absolute Gasteiger partial charge is 0.480 e. The molecule has 0 aromatic rings. The lowest BCUT2D eigenvalue weighted by Crippen LogP contribution is -2.55. The highest BCUT2D eigenvalue weighted by Gasteiger charge is 2.34. The molecule has 1 aliphatic heterocycles. The van der Waals surface area contributed by atoms with Crippen molar-refractivity contribution >= 4 is 12.0 Å². The molecule has 0 spiro atoms. The number of aliphatic hydroxyl groups is 1. The molecule has 0 aromatic carbocycles. The number of hydrogen-bond donors (Lipinski definition) is 3. The smallest absolute Gasteiger partial charge is 0.326 e. The number of nitrogens with zero attached hydrogens (tertiary/aromatic N) is 1. The van der Waals surface area contributed by atoms with Gasteiger partial charge >= 0.3 is 12.0 Å². The second-order valence-electron chi connectivity index (χ2n) is 6.22. The van der Waals surface area contributed by atoms with Gasteiger partial charge in [-0.1, -0.05) is 20.8 Å². The van der Waals surface area contributed by atoms with Crippen molar-refractivity contribution in [2.45, 2.75) is 39.7 Å². The highest BCUT2D eigenvalue weighted by molar-refractivity contribution is 5.83. The van der Waals surface area contributed by atoms with Gasteiger partial charge in [0.1, 0.15) is 6.04 Å². The van der Waals surface area contributed by atoms with Crippen molar-refractivity contribution in [3.63, 3.8) is 0 Å². The molecule has 1 saturated heterocycles. The minimum atomic E-state index is -1.03. The first kappa shape index (κ1) is 15.8. The zero-order valence-corrected chi connectivity index (χ0v) is 11.8. The molecule has 2 atom stereocenters. The van der Waals surface area contributed by atoms with Crippen LogP contribution in [0.1, 0.15) is 33.6 Å². The predicted octanol–water partition coefficient (Wildman–Crippen LogP) is 0.900. The first-order valence-corrected chi connectivity index (χ1v) is 6.64. The van der Waals surface area contributed by atoms with E-state index in [0.717, 1.165) is 12.8 Å². The maximum atomic E-state index is 12.1. The summed E-state index contributed by atoms with van der Waals surface area (Å²) in [5.74, 6) is -0.936. The first-order chi connectivity index (χ1) is 8.75. The van der Waals surface area contributed by atoms with Gasteiger partial charge in [0.15, 0.2) is 0 Å². The maximum Gasteiger partial charge on any atom is 0.326 e. The second kappa shape index (κ2) is 6.23. The molecular weight excluding hydrogens is 248 g/mol. The van der Waals surface area contributed by atoms with Gasteiger partial charge in [0.2, 0.25) is 0 Å². The molecule has 1 aliphatic rings. The van der Waals surface area contributed by atoms with E-state index in [4.69, 9.17) is 5.11 Å². The van der Waals surface area contributed by atoms with E-state index in [2.05, 4.69) is 5.32 Å². The van der Waals surface area contributed by atoms with Gasteiger partial charge in [-0.15, -0.1) is 0 Å². The molecular formula is C13H24N2O4. The number of likely N-dealkylation sites (tertiary alicyclic amines) is 1. The van der Waals surface area contributed by atoms with Crippen LogP contribution in [0.5, 0.6) is 0 Å². The number of carboxylic acids is 1. The van der Waals surface area contributed by atoms with E-state index in [-0.39, 0.29) is 18.6 Å². The van der Waals surface area contributed by atoms with Gasteiger partial charge in [-0.3, -0.25) is 0 Å². The highest BCUT2D eigenvalue weighted by Crippen LogP contribution is 2.21. The van der Waals surface area contributed by atoms with Crippen LogP contribution in [0, 0.1) is 11.3 Å². The average Bonchev–Trinajstić information content (AvgIpc) is 2.33. The van der Waals surface area contributed by atoms with E-state index in [1.165, 1.54) is 0 Å². The maximum absolute atomic E-state index is 12.1. The van der Waals surface area contributed by atoms with E-state index in [1.807, 2.05) is 0 Å². The Balaban J connectivity index is 2.64. The highest BCUT2D eigenvalue weighted by atomic mass is 16.4. The number of aliphatic hydroxyl groups excluding tert-OH is 1. The van der Waals surface area contributed by atoms with Crippen LogP contribution in [-0.2, 0) is 4.79 Å². The summed E-state index contributed by atoms with van der Waals surface area (Å²) in [7, 11) is 0. The molecule has 0 aromatic heterocycles. The van der Waals surface area contributed by atoms with Crippen molar-refractivity contribution < 1.29 is 19.8 Å². The molecule has 1 unspecified atom stereocenters. The van der Waals surface area contributed by atoms with E-state index in [1.54, 1.807) is 25.7 Å². The number of hydrogen-bond acceptors (Lipinski definition) is 3. The lowest BCUT2D eigenvalue weighted by Gasteiger charge is -2.35. The van der Waals surface area contributed by atoms with E-state index in [0.29, 0.717) is 13.1 Å². The Morgan fingerprint density at radius 1 is 1.42 bits per heavy atom. The Labute approximate surface area is 113 Å². The number of aliphatic carboxylic acids is 1. The Morgan fingerprint density at radius 2 is 2.05 bits per heavy atom. The van der Waals surface area contributed by atoms with Crippen molar-refractivity contribution in [2.75, 3.05) is 19.7 Å². The van der Waals surface area contributed by atoms with Gasteiger partial charge in [-0.05, 0) is 24.2 Å². The monoisotopic (exact) mass is 272 g/mol. The summed E-state index contributed by atoms with van der Waals surface area (Å²) in [5.41, 5.74) is -0.548. The number of carboxylic acid groups (broad SMARTS) is 1. The standard InChI is InChI=1S/C13H24N2O4/c1-13(2,3)10(11(17)18)14-12(19)15-6-4-5-9(7-15)8-16/h9-10,16H,4-8H2,1-3H3,(H,14,19)(H,17,18)/t9?,10-/m1/s1. The summed E-state index contributed by atoms with van der Waals surface area (Å²) < 4.78 is 0. The fourth-order valence-electron chi connectivity index (χ4n) is 2.26. The molecule has 6 heteroatoms. The number of rotatable bonds is 3. The molecule has 0 radical (unpaired) electrons. The number of nitrogens with one attached hydrogen (secondary N) is 1. The average molecular weight is 272 g/mol. The van der Waals surface area contributed by atoms with Gasteiger partial charge in [-0.25, -0.2) is 9.59 Å². The lowest BCUT2D eigenvalue weighted by atomic mass is 9.87. The molecule has 1 fully saturated rings. The van der Waals surface area contributed by atoms with Crippen molar-refractivity contribution in [1.29, 1.82) is 0 Å². The first-order valence-electron chi connectivity index (χ1n) is 6.64. The zero-order valence-electron chi connectivity index (χ0n) is 11.8. The Kier molecular flexibility index (Phi) is 5.17. The van der Waals surface area contributed by atoms with Gasteiger partial charge in [0, 0.05) is 19.7 Å². The Bertz CT molecular complexity index is 338. The molecule has 110 valence electrons. The minimum Gasteiger partial charge on any atom is -0.480 e. The molecule has 0 saturated carbocycles. The summed E-state index contributed by atoms with van der Waals surface area (Å²) in [6.45, 7) is 6.49. The van der Waals surface area contributed by atoms with Crippen LogP contribution in [0.4, 0.5) is 4.79 Å². The van der Waals surface area contributed by atoms with Crippen LogP contribution in [-0.4, -0.2) is 52.9 Å². The van der Waals surface area contributed by atoms with E-state index >= 15 is 0 Å². The molecule has 2 amide bonds. The second-order valence-corrected chi connectivity index (χ2v) is 6.22. The SMILES string of the molecule is CC(C)(C)[C@H](NC(=O)N1CCCC(CO)C1)C(=O)O. The molecule has 3 N–H and O–H groups in total. The third-order valence-electron chi connectivity index (χ3n) is 3.45. The van der Waals surface area contributed by atoms with Gasteiger partial charge < -0.3 is 20.4 Å². The van der Waals surface area contributed by atoms with Gasteiger partial charge in [0.25, 0.3) is 0 Å². The van der Waals surface area contributed by atoms with Crippen LogP contribution >= 0.6 is 0 Å². The molecule has 1 heterocycles. The molecule has 19 heavy (non-hydrogen) atoms. The van der Waals surface area contributed by atoms with Gasteiger partial charge in [-0.2, -0.15) is 0 Å². The fraction of sp³-hybridized carbons (Fsp3) is 0.846. The van der Waals surface area contributed by atoms with Gasteiger partial charge in [0.05, 0.1) is 0 Å². The van der Waals surface area contributed by atoms with Crippen molar-refractivity contribution in [2.24, 2.45) is 11.3 Å². The number of carbonyl (C=O) groups excluding carboxylic acids is 1. The minimum absolute atomic E-state index is 0.0609. The quantitative estimate of drug-likeness (QED) is 0.712. The zero-order chi connectivity index (χ0) is 14.6. The van der Waals surface area contributed by atoms with Crippen LogP contribution in [0.25, 0.3) is 0 Å². The summed E-state index contributed by atoms with van der Waals surface area (Å²) in [6.07, 6.45) is 1.74. The summed E-state index contributed by atoms with van der Waals surface area (Å²) in [6, 6.07) is -1.28. The van der Waals surface area contributed by atoms with Crippen LogP contribution in [0.3, 0.4) is 0 Å². The molecule has 6 nitrogen and oxygen atoms in total. The normalized spacial score (nSPS) is 21.9. The number of piperidine rings is 1. The Hall–Kier alpha value is -1.30. The number of amides is 2. The molecule has 0 bridgehead atoms. The molecule has 1 rings (SSSR count). The summed E-state index contributed by atoms with van der Waals surface area (Å²) >= 11 is 0. The van der Waals surface area contributed by atoms with Crippen molar-refractivity contribution in [3.05, 3.63) is 0 Å². The fourth-order valence-corrected chi connectivity index (χ4v) is 2.26. The summed E-state index contributed by atoms with van der Waals surface area (Å²) in [4.78, 5) is 24.9. The summed E-state index contributed by atoms with van der Waals surface area (Å²) in [5, 5.41) is 20.9. The van der Waals surface area contributed by atoms with E-state index < -0.39 is 17.4 Å². The van der Waals surface area contributed by atoms with Crippen molar-refractivity contribution in [1.82, 2.24) is 10.2 Å². The topological polar surface area (TPSA) is 89.9 Å². The predicted molar refractivity (Wildman–Crippen MR) is 70.8 cm³/mol. The number of carbonyl (C=O) groups is 2. The number of urea groups is 1. The Morgan fingerprint density at radius 3 is 2.53 bits per heavy atom. The van der Waals surface area contributed by atoms with Crippen LogP contribution in [0.15, 0.2) is 0 Å². The molecule has 0 aliphatic carbocycles. The third-order valence-corrected chi connectivity index (χ3v) is 3.45. The van der Waals surface area contributed by atoms with Crippen molar-refractivity contribution in [3.8, 4) is 0 Å². The van der Waals surface area contributed by atoms with E-state index in [9.17, 15) is 14.7 Å².